The predicted molar refractivity (Wildman–Crippen MR) is 182 cm³/mol. The number of fused-ring (bicyclic) bond motifs is 6. The van der Waals surface area contributed by atoms with E-state index in [1.54, 1.807) is 0 Å². The van der Waals surface area contributed by atoms with Crippen LogP contribution in [0, 0.1) is 0 Å². The molecule has 0 aliphatic heterocycles. The summed E-state index contributed by atoms with van der Waals surface area (Å²) in [7, 11) is 0. The Balaban J connectivity index is 1.27. The normalized spacial score (nSPS) is 11.6. The first-order valence-electron chi connectivity index (χ1n) is 15.1. The zero-order valence-electron chi connectivity index (χ0n) is 24.3. The summed E-state index contributed by atoms with van der Waals surface area (Å²) >= 11 is 0. The van der Waals surface area contributed by atoms with E-state index in [1.807, 2.05) is 60.7 Å². The van der Waals surface area contributed by atoms with Gasteiger partial charge in [-0.05, 0) is 42.0 Å². The van der Waals surface area contributed by atoms with Gasteiger partial charge in [-0.2, -0.15) is 0 Å². The quantitative estimate of drug-likeness (QED) is 0.204. The van der Waals surface area contributed by atoms with Crippen molar-refractivity contribution in [3.05, 3.63) is 157 Å². The summed E-state index contributed by atoms with van der Waals surface area (Å²) in [4.78, 5) is 15.0. The largest absolute Gasteiger partial charge is 0.456 e. The molecule has 3 aromatic heterocycles. The van der Waals surface area contributed by atoms with Crippen LogP contribution in [0.2, 0.25) is 0 Å². The number of para-hydroxylation sites is 2. The molecule has 0 aliphatic rings. The summed E-state index contributed by atoms with van der Waals surface area (Å²) in [6.07, 6.45) is 0.607. The van der Waals surface area contributed by atoms with Gasteiger partial charge in [-0.15, -0.1) is 0 Å². The third-order valence-corrected chi connectivity index (χ3v) is 8.48. The molecular formula is C40H26N4O. The van der Waals surface area contributed by atoms with Gasteiger partial charge in [0.05, 0.1) is 11.0 Å². The molecule has 45 heavy (non-hydrogen) atoms. The van der Waals surface area contributed by atoms with Crippen LogP contribution >= 0.6 is 0 Å². The molecule has 0 unspecified atom stereocenters. The molecule has 0 saturated heterocycles. The first-order valence-corrected chi connectivity index (χ1v) is 15.1. The summed E-state index contributed by atoms with van der Waals surface area (Å²) in [6.45, 7) is 0. The van der Waals surface area contributed by atoms with Gasteiger partial charge in [0, 0.05) is 44.8 Å². The van der Waals surface area contributed by atoms with Crippen molar-refractivity contribution in [2.75, 3.05) is 0 Å². The first kappa shape index (κ1) is 25.4. The Bertz CT molecular complexity index is 2460. The van der Waals surface area contributed by atoms with Crippen molar-refractivity contribution in [2.24, 2.45) is 0 Å². The predicted octanol–water partition coefficient (Wildman–Crippen LogP) is 9.79. The van der Waals surface area contributed by atoms with Gasteiger partial charge in [0.15, 0.2) is 11.6 Å². The van der Waals surface area contributed by atoms with Gasteiger partial charge in [-0.25, -0.2) is 15.0 Å². The molecule has 0 saturated carbocycles. The Kier molecular flexibility index (Phi) is 5.81. The van der Waals surface area contributed by atoms with Gasteiger partial charge < -0.3 is 8.98 Å². The van der Waals surface area contributed by atoms with E-state index in [9.17, 15) is 0 Å². The van der Waals surface area contributed by atoms with Gasteiger partial charge in [0.25, 0.3) is 0 Å². The highest BCUT2D eigenvalue weighted by Gasteiger charge is 2.19. The Labute approximate surface area is 259 Å². The van der Waals surface area contributed by atoms with Crippen LogP contribution in [0.15, 0.2) is 150 Å². The van der Waals surface area contributed by atoms with E-state index in [4.69, 9.17) is 19.4 Å². The van der Waals surface area contributed by atoms with Crippen LogP contribution in [0.3, 0.4) is 0 Å². The van der Waals surface area contributed by atoms with Crippen LogP contribution in [-0.2, 0) is 6.42 Å². The molecule has 0 radical (unpaired) electrons. The maximum Gasteiger partial charge on any atom is 0.164 e. The highest BCUT2D eigenvalue weighted by atomic mass is 16.3. The molecule has 212 valence electrons. The lowest BCUT2D eigenvalue weighted by Crippen LogP contribution is -2.04. The van der Waals surface area contributed by atoms with Gasteiger partial charge in [0.2, 0.25) is 0 Å². The van der Waals surface area contributed by atoms with Crippen LogP contribution in [0.1, 0.15) is 11.4 Å². The van der Waals surface area contributed by atoms with E-state index in [-0.39, 0.29) is 0 Å². The average molecular weight is 579 g/mol. The maximum absolute atomic E-state index is 6.42. The lowest BCUT2D eigenvalue weighted by atomic mass is 10.0. The first-order chi connectivity index (χ1) is 22.3. The van der Waals surface area contributed by atoms with E-state index < -0.39 is 0 Å². The summed E-state index contributed by atoms with van der Waals surface area (Å²) in [5.74, 6) is 2.01. The zero-order valence-corrected chi connectivity index (χ0v) is 24.3. The molecule has 0 aliphatic carbocycles. The lowest BCUT2D eigenvalue weighted by Gasteiger charge is -2.10. The van der Waals surface area contributed by atoms with Crippen molar-refractivity contribution < 1.29 is 4.42 Å². The Morgan fingerprint density at radius 3 is 1.93 bits per heavy atom. The summed E-state index contributed by atoms with van der Waals surface area (Å²) in [5.41, 5.74) is 8.05. The van der Waals surface area contributed by atoms with E-state index >= 15 is 0 Å². The number of rotatable bonds is 5. The van der Waals surface area contributed by atoms with E-state index in [2.05, 4.69) is 89.5 Å². The summed E-state index contributed by atoms with van der Waals surface area (Å²) in [5, 5.41) is 4.48. The van der Waals surface area contributed by atoms with Crippen LogP contribution in [0.5, 0.6) is 0 Å². The number of nitrogens with zero attached hydrogens (tertiary/aromatic N) is 4. The zero-order chi connectivity index (χ0) is 29.7. The Morgan fingerprint density at radius 2 is 1.18 bits per heavy atom. The number of benzene rings is 6. The molecule has 0 fully saturated rings. The molecular weight excluding hydrogens is 552 g/mol. The minimum Gasteiger partial charge on any atom is -0.456 e. The van der Waals surface area contributed by atoms with Crippen LogP contribution in [0.4, 0.5) is 0 Å². The highest BCUT2D eigenvalue weighted by molar-refractivity contribution is 6.13. The molecule has 6 aromatic carbocycles. The molecule has 5 nitrogen and oxygen atoms in total. The lowest BCUT2D eigenvalue weighted by molar-refractivity contribution is 0.669. The number of hydrogen-bond donors (Lipinski definition) is 0. The third kappa shape index (κ3) is 4.28. The molecule has 0 amide bonds. The highest BCUT2D eigenvalue weighted by Crippen LogP contribution is 2.39. The second-order valence-electron chi connectivity index (χ2n) is 11.3. The molecule has 9 rings (SSSR count). The van der Waals surface area contributed by atoms with Crippen LogP contribution < -0.4 is 0 Å². The Morgan fingerprint density at radius 1 is 0.511 bits per heavy atom. The van der Waals surface area contributed by atoms with Crippen LogP contribution in [-0.4, -0.2) is 19.5 Å². The smallest absolute Gasteiger partial charge is 0.164 e. The van der Waals surface area contributed by atoms with E-state index in [1.165, 1.54) is 21.8 Å². The Hall–Kier alpha value is -6.07. The fraction of sp³-hybridized carbons (Fsp3) is 0.0250. The monoisotopic (exact) mass is 578 g/mol. The van der Waals surface area contributed by atoms with Crippen molar-refractivity contribution in [3.63, 3.8) is 0 Å². The topological polar surface area (TPSA) is 56.7 Å². The third-order valence-electron chi connectivity index (χ3n) is 8.48. The SMILES string of the molecule is c1ccc(Cc2nc(-c3ccccc3)nc(-c3cccc4oc5ccc(-n6c7ccccc7c7ccccc76)cc5c34)n2)cc1. The van der Waals surface area contributed by atoms with E-state index in [0.717, 1.165) is 50.1 Å². The number of aromatic nitrogens is 4. The molecule has 3 heterocycles. The molecule has 0 spiro atoms. The van der Waals surface area contributed by atoms with E-state index in [0.29, 0.717) is 18.1 Å². The minimum atomic E-state index is 0.607. The molecule has 0 N–H and O–H groups in total. The van der Waals surface area contributed by atoms with Crippen molar-refractivity contribution in [3.8, 4) is 28.5 Å². The maximum atomic E-state index is 6.42. The minimum absolute atomic E-state index is 0.607. The molecule has 5 heteroatoms. The van der Waals surface area contributed by atoms with Gasteiger partial charge in [-0.3, -0.25) is 0 Å². The fourth-order valence-electron chi connectivity index (χ4n) is 6.45. The standard InChI is InChI=1S/C40H26N4O/c1-3-12-26(13-4-1)24-37-41-39(27-14-5-2-6-15-27)43-40(42-37)31-18-11-21-36-38(31)32-25-28(22-23-35(32)45-36)44-33-19-9-7-16-29(33)30-17-8-10-20-34(30)44/h1-23,25H,24H2. The summed E-state index contributed by atoms with van der Waals surface area (Å²) < 4.78 is 8.76. The van der Waals surface area contributed by atoms with Crippen molar-refractivity contribution in [1.29, 1.82) is 0 Å². The number of furan rings is 1. The summed E-state index contributed by atoms with van der Waals surface area (Å²) in [6, 6.07) is 50.1. The second kappa shape index (κ2) is 10.3. The van der Waals surface area contributed by atoms with Gasteiger partial charge >= 0.3 is 0 Å². The number of hydrogen-bond acceptors (Lipinski definition) is 4. The molecule has 9 aromatic rings. The molecule has 0 atom stereocenters. The van der Waals surface area contributed by atoms with Crippen LogP contribution in [0.25, 0.3) is 72.2 Å². The van der Waals surface area contributed by atoms with Crippen molar-refractivity contribution in [1.82, 2.24) is 19.5 Å². The average Bonchev–Trinajstić information content (AvgIpc) is 3.64. The second-order valence-corrected chi connectivity index (χ2v) is 11.3. The van der Waals surface area contributed by atoms with Gasteiger partial charge in [0.1, 0.15) is 17.0 Å². The van der Waals surface area contributed by atoms with Crippen molar-refractivity contribution >= 4 is 43.7 Å². The van der Waals surface area contributed by atoms with Crippen molar-refractivity contribution in [2.45, 2.75) is 6.42 Å². The van der Waals surface area contributed by atoms with Gasteiger partial charge in [-0.1, -0.05) is 109 Å². The molecule has 0 bridgehead atoms. The fourth-order valence-corrected chi connectivity index (χ4v) is 6.45.